The molecular formula is C37H45F3N6O2S2. The Morgan fingerprint density at radius 3 is 2.44 bits per heavy atom. The SMILES string of the molecule is Cc1nc(NC2CCN(Cc3ccc4c(c3C)C=C(C#N)C4C[C@H](C)N3C4CCC3CC(S(C)(=O)=O)C4)CC2)c2cc(CC(F)(F)F)sc2n1. The summed E-state index contributed by atoms with van der Waals surface area (Å²) in [5.74, 6) is 1.19. The van der Waals surface area contributed by atoms with Gasteiger partial charge in [-0.05, 0) is 100 Å². The summed E-state index contributed by atoms with van der Waals surface area (Å²) >= 11 is 1.08. The van der Waals surface area contributed by atoms with Crippen molar-refractivity contribution in [3.05, 3.63) is 56.7 Å². The van der Waals surface area contributed by atoms with Crippen molar-refractivity contribution in [2.24, 2.45) is 0 Å². The molecule has 5 heterocycles. The molecule has 1 aliphatic carbocycles. The molecule has 2 aromatic heterocycles. The smallest absolute Gasteiger partial charge is 0.367 e. The Hall–Kier alpha value is -3.05. The van der Waals surface area contributed by atoms with Gasteiger partial charge in [-0.3, -0.25) is 9.80 Å². The number of halogens is 3. The van der Waals surface area contributed by atoms with Crippen molar-refractivity contribution in [2.75, 3.05) is 24.7 Å². The second kappa shape index (κ2) is 13.5. The Morgan fingerprint density at radius 2 is 1.80 bits per heavy atom. The topological polar surface area (TPSA) is 102 Å². The minimum atomic E-state index is -4.27. The number of alkyl halides is 3. The molecule has 3 aromatic rings. The molecule has 0 radical (unpaired) electrons. The molecule has 2 bridgehead atoms. The summed E-state index contributed by atoms with van der Waals surface area (Å²) in [6.07, 6.45) is 4.35. The van der Waals surface area contributed by atoms with E-state index in [0.29, 0.717) is 46.8 Å². The zero-order valence-electron chi connectivity index (χ0n) is 29.1. The lowest BCUT2D eigenvalue weighted by molar-refractivity contribution is -0.126. The summed E-state index contributed by atoms with van der Waals surface area (Å²) in [4.78, 5) is 14.8. The minimum Gasteiger partial charge on any atom is -0.367 e. The Balaban J connectivity index is 0.987. The van der Waals surface area contributed by atoms with Crippen LogP contribution in [-0.2, 0) is 22.8 Å². The van der Waals surface area contributed by atoms with Gasteiger partial charge in [0.25, 0.3) is 0 Å². The van der Waals surface area contributed by atoms with Gasteiger partial charge < -0.3 is 5.32 Å². The molecule has 0 amide bonds. The van der Waals surface area contributed by atoms with E-state index < -0.39 is 22.4 Å². The molecule has 1 aromatic carbocycles. The number of hydrogen-bond donors (Lipinski definition) is 1. The van der Waals surface area contributed by atoms with E-state index in [2.05, 4.69) is 63.2 Å². The molecule has 7 rings (SSSR count). The van der Waals surface area contributed by atoms with E-state index in [1.807, 2.05) is 0 Å². The first kappa shape index (κ1) is 35.4. The monoisotopic (exact) mass is 726 g/mol. The van der Waals surface area contributed by atoms with E-state index in [9.17, 15) is 26.9 Å². The number of likely N-dealkylation sites (tertiary alicyclic amines) is 1. The molecule has 1 N–H and O–H groups in total. The molecule has 4 atom stereocenters. The molecule has 3 unspecified atom stereocenters. The fourth-order valence-corrected chi connectivity index (χ4v) is 11.3. The first-order valence-electron chi connectivity index (χ1n) is 17.7. The maximum atomic E-state index is 13.0. The number of rotatable bonds is 9. The van der Waals surface area contributed by atoms with E-state index in [1.54, 1.807) is 13.0 Å². The Morgan fingerprint density at radius 1 is 1.10 bits per heavy atom. The lowest BCUT2D eigenvalue weighted by Gasteiger charge is -2.42. The standard InChI is InChI=1S/C37H45F3N6O2S2/c1-21(46-27-6-7-28(46)16-30(15-27)50(4,47)48)13-33-25(19-41)14-32-22(2)24(5-8-31(32)33)20-45-11-9-26(10-12-45)44-35-34-17-29(18-37(38,39)40)49-36(34)43-23(3)42-35/h5,8,14,17,21,26-28,30,33H,6-7,9-13,15-16,18,20H2,1-4H3,(H,42,43,44)/t21-,27?,28?,30?,33?/m0/s1. The van der Waals surface area contributed by atoms with E-state index in [1.165, 1.54) is 22.9 Å². The van der Waals surface area contributed by atoms with Gasteiger partial charge in [0.1, 0.15) is 26.3 Å². The third kappa shape index (κ3) is 7.18. The highest BCUT2D eigenvalue weighted by molar-refractivity contribution is 7.91. The summed E-state index contributed by atoms with van der Waals surface area (Å²) < 4.78 is 63.8. The van der Waals surface area contributed by atoms with Gasteiger partial charge >= 0.3 is 6.18 Å². The zero-order valence-corrected chi connectivity index (χ0v) is 30.7. The van der Waals surface area contributed by atoms with Gasteiger partial charge in [0.05, 0.1) is 23.1 Å². The summed E-state index contributed by atoms with van der Waals surface area (Å²) in [6, 6.07) is 9.51. The van der Waals surface area contributed by atoms with Crippen molar-refractivity contribution in [3.63, 3.8) is 0 Å². The quantitative estimate of drug-likeness (QED) is 0.245. The van der Waals surface area contributed by atoms with Crippen LogP contribution in [0.2, 0.25) is 0 Å². The number of piperidine rings is 2. The van der Waals surface area contributed by atoms with Crippen molar-refractivity contribution < 1.29 is 21.6 Å². The highest BCUT2D eigenvalue weighted by Crippen LogP contribution is 2.45. The van der Waals surface area contributed by atoms with Gasteiger partial charge in [0.15, 0.2) is 0 Å². The van der Waals surface area contributed by atoms with E-state index >= 15 is 0 Å². The second-order valence-corrected chi connectivity index (χ2v) is 18.4. The van der Waals surface area contributed by atoms with Crippen LogP contribution < -0.4 is 5.32 Å². The van der Waals surface area contributed by atoms with Crippen LogP contribution in [0, 0.1) is 25.2 Å². The average Bonchev–Trinajstić information content (AvgIpc) is 3.68. The normalized spacial score (nSPS) is 25.4. The Kier molecular flexibility index (Phi) is 9.54. The lowest BCUT2D eigenvalue weighted by Crippen LogP contribution is -2.50. The van der Waals surface area contributed by atoms with Crippen LogP contribution in [0.1, 0.15) is 90.7 Å². The fourth-order valence-electron chi connectivity index (χ4n) is 9.09. The maximum absolute atomic E-state index is 13.0. The zero-order chi connectivity index (χ0) is 35.5. The van der Waals surface area contributed by atoms with Gasteiger partial charge in [-0.2, -0.15) is 18.4 Å². The first-order chi connectivity index (χ1) is 23.7. The van der Waals surface area contributed by atoms with Crippen LogP contribution in [0.3, 0.4) is 0 Å². The molecule has 0 spiro atoms. The molecule has 3 saturated heterocycles. The van der Waals surface area contributed by atoms with E-state index in [0.717, 1.165) is 74.2 Å². The third-order valence-corrected chi connectivity index (χ3v) is 14.2. The van der Waals surface area contributed by atoms with Crippen LogP contribution in [-0.4, -0.2) is 83.1 Å². The molecule has 0 saturated carbocycles. The second-order valence-electron chi connectivity index (χ2n) is 15.0. The van der Waals surface area contributed by atoms with Crippen molar-refractivity contribution in [1.29, 1.82) is 5.26 Å². The number of anilines is 1. The number of benzene rings is 1. The van der Waals surface area contributed by atoms with Crippen LogP contribution in [0.25, 0.3) is 16.3 Å². The predicted octanol–water partition coefficient (Wildman–Crippen LogP) is 7.31. The highest BCUT2D eigenvalue weighted by Gasteiger charge is 2.46. The maximum Gasteiger partial charge on any atom is 0.393 e. The summed E-state index contributed by atoms with van der Waals surface area (Å²) in [5, 5.41) is 14.1. The molecule has 13 heteroatoms. The van der Waals surface area contributed by atoms with Crippen LogP contribution in [0.5, 0.6) is 0 Å². The van der Waals surface area contributed by atoms with Gasteiger partial charge in [0, 0.05) is 66.4 Å². The average molecular weight is 727 g/mol. The van der Waals surface area contributed by atoms with E-state index in [4.69, 9.17) is 0 Å². The minimum absolute atomic E-state index is 0.0382. The van der Waals surface area contributed by atoms with E-state index in [-0.39, 0.29) is 28.1 Å². The first-order valence-corrected chi connectivity index (χ1v) is 20.5. The fraction of sp³-hybridized carbons (Fsp3) is 0.595. The molecule has 50 heavy (non-hydrogen) atoms. The summed E-state index contributed by atoms with van der Waals surface area (Å²) in [6.45, 7) is 8.74. The molecular weight excluding hydrogens is 682 g/mol. The Labute approximate surface area is 296 Å². The number of nitrogens with one attached hydrogen (secondary N) is 1. The molecule has 3 aliphatic heterocycles. The molecule has 268 valence electrons. The van der Waals surface area contributed by atoms with Crippen molar-refractivity contribution in [1.82, 2.24) is 19.8 Å². The largest absolute Gasteiger partial charge is 0.393 e. The van der Waals surface area contributed by atoms with Crippen LogP contribution >= 0.6 is 11.3 Å². The van der Waals surface area contributed by atoms with Crippen LogP contribution in [0.4, 0.5) is 19.0 Å². The number of fused-ring (bicyclic) bond motifs is 4. The van der Waals surface area contributed by atoms with Crippen molar-refractivity contribution in [2.45, 2.75) is 120 Å². The van der Waals surface area contributed by atoms with Crippen molar-refractivity contribution in [3.8, 4) is 6.07 Å². The van der Waals surface area contributed by atoms with Gasteiger partial charge in [-0.25, -0.2) is 18.4 Å². The van der Waals surface area contributed by atoms with Crippen molar-refractivity contribution >= 4 is 43.3 Å². The van der Waals surface area contributed by atoms with Gasteiger partial charge in [0.2, 0.25) is 0 Å². The van der Waals surface area contributed by atoms with Gasteiger partial charge in [-0.15, -0.1) is 11.3 Å². The third-order valence-electron chi connectivity index (χ3n) is 11.5. The molecule has 4 aliphatic rings. The molecule has 8 nitrogen and oxygen atoms in total. The number of hydrogen-bond acceptors (Lipinski definition) is 9. The number of sulfone groups is 1. The summed E-state index contributed by atoms with van der Waals surface area (Å²) in [5.41, 5.74) is 5.65. The number of aryl methyl sites for hydroxylation is 1. The number of allylic oxidation sites excluding steroid dienone is 1. The highest BCUT2D eigenvalue weighted by atomic mass is 32.2. The number of thiophene rings is 1. The number of aromatic nitrogens is 2. The predicted molar refractivity (Wildman–Crippen MR) is 192 cm³/mol. The Bertz CT molecular complexity index is 1950. The summed E-state index contributed by atoms with van der Waals surface area (Å²) in [7, 11) is -3.04. The van der Waals surface area contributed by atoms with Gasteiger partial charge in [-0.1, -0.05) is 12.1 Å². The number of nitriles is 1. The lowest BCUT2D eigenvalue weighted by atomic mass is 9.86. The van der Waals surface area contributed by atoms with Crippen LogP contribution in [0.15, 0.2) is 23.8 Å². The number of nitrogens with zero attached hydrogens (tertiary/aromatic N) is 5. The molecule has 3 fully saturated rings.